The van der Waals surface area contributed by atoms with Gasteiger partial charge >= 0.3 is 0 Å². The Balaban J connectivity index is 2.07. The van der Waals surface area contributed by atoms with Crippen LogP contribution in [0, 0.1) is 0 Å². The van der Waals surface area contributed by atoms with Crippen LogP contribution in [0.4, 0.5) is 5.69 Å². The smallest absolute Gasteiger partial charge is 0.276 e. The minimum atomic E-state index is -0.370. The first-order chi connectivity index (χ1) is 13.6. The van der Waals surface area contributed by atoms with Crippen LogP contribution in [0.1, 0.15) is 44.1 Å². The van der Waals surface area contributed by atoms with Gasteiger partial charge in [0.2, 0.25) is 0 Å². The first-order valence-corrected chi connectivity index (χ1v) is 9.92. The van der Waals surface area contributed by atoms with E-state index in [0.717, 1.165) is 32.5 Å². The van der Waals surface area contributed by atoms with E-state index >= 15 is 0 Å². The van der Waals surface area contributed by atoms with Crippen LogP contribution in [0.2, 0.25) is 0 Å². The van der Waals surface area contributed by atoms with Crippen LogP contribution < -0.4 is 15.6 Å². The van der Waals surface area contributed by atoms with E-state index in [1.165, 1.54) is 16.8 Å². The largest absolute Gasteiger partial charge is 0.490 e. The SMILES string of the molecule is CCCCn1nc(C(=O)Nc2ccccc2OCCN(CC)CC)ccc1=O. The molecular formula is C21H30N4O3. The van der Waals surface area contributed by atoms with E-state index in [-0.39, 0.29) is 17.2 Å². The highest BCUT2D eigenvalue weighted by atomic mass is 16.5. The summed E-state index contributed by atoms with van der Waals surface area (Å²) in [5.41, 5.74) is 0.582. The van der Waals surface area contributed by atoms with Gasteiger partial charge in [0, 0.05) is 19.2 Å². The second-order valence-electron chi connectivity index (χ2n) is 6.46. The Morgan fingerprint density at radius 1 is 1.14 bits per heavy atom. The Morgan fingerprint density at radius 3 is 2.61 bits per heavy atom. The van der Waals surface area contributed by atoms with Crippen molar-refractivity contribution in [3.05, 3.63) is 52.4 Å². The molecule has 0 unspecified atom stereocenters. The molecule has 1 heterocycles. The van der Waals surface area contributed by atoms with E-state index < -0.39 is 0 Å². The van der Waals surface area contributed by atoms with Crippen LogP contribution >= 0.6 is 0 Å². The molecule has 7 nitrogen and oxygen atoms in total. The Hall–Kier alpha value is -2.67. The Labute approximate surface area is 166 Å². The van der Waals surface area contributed by atoms with Crippen molar-refractivity contribution >= 4 is 11.6 Å². The number of carbonyl (C=O) groups is 1. The Morgan fingerprint density at radius 2 is 1.89 bits per heavy atom. The molecule has 1 aromatic heterocycles. The summed E-state index contributed by atoms with van der Waals surface area (Å²) in [5.74, 6) is 0.243. The number of unbranched alkanes of at least 4 members (excludes halogenated alkanes) is 1. The molecule has 1 amide bonds. The number of rotatable bonds is 11. The van der Waals surface area contributed by atoms with Gasteiger partial charge in [0.05, 0.1) is 5.69 Å². The number of benzene rings is 1. The predicted octanol–water partition coefficient (Wildman–Crippen LogP) is 3.02. The monoisotopic (exact) mass is 386 g/mol. The number of anilines is 1. The number of carbonyl (C=O) groups excluding carboxylic acids is 1. The number of nitrogens with zero attached hydrogens (tertiary/aromatic N) is 3. The number of amides is 1. The van der Waals surface area contributed by atoms with Gasteiger partial charge in [-0.15, -0.1) is 0 Å². The molecule has 0 radical (unpaired) electrons. The molecule has 0 fully saturated rings. The lowest BCUT2D eigenvalue weighted by molar-refractivity contribution is 0.101. The van der Waals surface area contributed by atoms with Crippen molar-refractivity contribution in [2.75, 3.05) is 31.6 Å². The number of likely N-dealkylation sites (N-methyl/N-ethyl adjacent to an activating group) is 1. The number of para-hydroxylation sites is 2. The number of aromatic nitrogens is 2. The molecule has 28 heavy (non-hydrogen) atoms. The van der Waals surface area contributed by atoms with E-state index in [1.807, 2.05) is 25.1 Å². The van der Waals surface area contributed by atoms with Gasteiger partial charge < -0.3 is 15.0 Å². The topological polar surface area (TPSA) is 76.5 Å². The third-order valence-electron chi connectivity index (χ3n) is 4.52. The number of hydrogen-bond donors (Lipinski definition) is 1. The maximum Gasteiger partial charge on any atom is 0.276 e. The summed E-state index contributed by atoms with van der Waals surface area (Å²) in [6.45, 7) is 10.1. The first-order valence-electron chi connectivity index (χ1n) is 9.92. The normalized spacial score (nSPS) is 10.9. The van der Waals surface area contributed by atoms with Crippen LogP contribution in [0.3, 0.4) is 0 Å². The standard InChI is InChI=1S/C21H30N4O3/c1-4-7-14-25-20(26)13-12-18(23-25)21(27)22-17-10-8-9-11-19(17)28-16-15-24(5-2)6-3/h8-13H,4-7,14-16H2,1-3H3,(H,22,27). The lowest BCUT2D eigenvalue weighted by Gasteiger charge is -2.19. The third-order valence-corrected chi connectivity index (χ3v) is 4.52. The quantitative estimate of drug-likeness (QED) is 0.642. The molecule has 0 aliphatic heterocycles. The zero-order valence-corrected chi connectivity index (χ0v) is 17.0. The van der Waals surface area contributed by atoms with Crippen molar-refractivity contribution in [1.29, 1.82) is 0 Å². The predicted molar refractivity (Wildman–Crippen MR) is 111 cm³/mol. The van der Waals surface area contributed by atoms with Crippen molar-refractivity contribution in [2.24, 2.45) is 0 Å². The van der Waals surface area contributed by atoms with Crippen LogP contribution in [0.15, 0.2) is 41.2 Å². The molecule has 0 atom stereocenters. The van der Waals surface area contributed by atoms with Gasteiger partial charge in [-0.25, -0.2) is 4.68 Å². The van der Waals surface area contributed by atoms with Crippen molar-refractivity contribution in [2.45, 2.75) is 40.2 Å². The van der Waals surface area contributed by atoms with Gasteiger partial charge in [0.25, 0.3) is 11.5 Å². The molecule has 0 saturated carbocycles. The van der Waals surface area contributed by atoms with Crippen molar-refractivity contribution in [3.8, 4) is 5.75 Å². The first kappa shape index (κ1) is 21.6. The van der Waals surface area contributed by atoms with Gasteiger partial charge in [-0.05, 0) is 37.7 Å². The molecule has 1 N–H and O–H groups in total. The van der Waals surface area contributed by atoms with E-state index in [4.69, 9.17) is 4.74 Å². The molecule has 1 aromatic carbocycles. The molecule has 0 bridgehead atoms. The van der Waals surface area contributed by atoms with Crippen LogP contribution in [0.25, 0.3) is 0 Å². The minimum absolute atomic E-state index is 0.202. The Kier molecular flexibility index (Phi) is 8.68. The van der Waals surface area contributed by atoms with Gasteiger partial charge in [-0.1, -0.05) is 39.3 Å². The summed E-state index contributed by atoms with van der Waals surface area (Å²) in [6, 6.07) is 10.1. The highest BCUT2D eigenvalue weighted by Crippen LogP contribution is 2.24. The fourth-order valence-electron chi connectivity index (χ4n) is 2.74. The van der Waals surface area contributed by atoms with E-state index in [2.05, 4.69) is 29.2 Å². The summed E-state index contributed by atoms with van der Waals surface area (Å²) in [5, 5.41) is 7.03. The highest BCUT2D eigenvalue weighted by Gasteiger charge is 2.13. The minimum Gasteiger partial charge on any atom is -0.490 e. The zero-order valence-electron chi connectivity index (χ0n) is 17.0. The highest BCUT2D eigenvalue weighted by molar-refractivity contribution is 6.03. The third kappa shape index (κ3) is 6.20. The van der Waals surface area contributed by atoms with E-state index in [9.17, 15) is 9.59 Å². The lowest BCUT2D eigenvalue weighted by atomic mass is 10.2. The maximum atomic E-state index is 12.6. The summed E-state index contributed by atoms with van der Waals surface area (Å²) in [6.07, 6.45) is 1.78. The fraction of sp³-hybridized carbons (Fsp3) is 0.476. The summed E-state index contributed by atoms with van der Waals surface area (Å²) >= 11 is 0. The molecule has 2 aromatic rings. The van der Waals surface area contributed by atoms with E-state index in [1.54, 1.807) is 6.07 Å². The maximum absolute atomic E-state index is 12.6. The van der Waals surface area contributed by atoms with Gasteiger partial charge in [-0.2, -0.15) is 5.10 Å². The number of nitrogens with one attached hydrogen (secondary N) is 1. The van der Waals surface area contributed by atoms with Gasteiger partial charge in [-0.3, -0.25) is 9.59 Å². The molecule has 2 rings (SSSR count). The average molecular weight is 386 g/mol. The Bertz CT molecular complexity index is 815. The molecule has 0 saturated heterocycles. The van der Waals surface area contributed by atoms with Gasteiger partial charge in [0.15, 0.2) is 0 Å². The second kappa shape index (κ2) is 11.2. The molecule has 0 aliphatic rings. The number of hydrogen-bond acceptors (Lipinski definition) is 5. The molecule has 0 aliphatic carbocycles. The summed E-state index contributed by atoms with van der Waals surface area (Å²) < 4.78 is 7.21. The fourth-order valence-corrected chi connectivity index (χ4v) is 2.74. The molecule has 0 spiro atoms. The zero-order chi connectivity index (χ0) is 20.4. The molecule has 7 heteroatoms. The lowest BCUT2D eigenvalue weighted by Crippen LogP contribution is -2.28. The van der Waals surface area contributed by atoms with Crippen molar-refractivity contribution in [1.82, 2.24) is 14.7 Å². The second-order valence-corrected chi connectivity index (χ2v) is 6.46. The molecule has 152 valence electrons. The van der Waals surface area contributed by atoms with Crippen molar-refractivity contribution in [3.63, 3.8) is 0 Å². The van der Waals surface area contributed by atoms with E-state index in [0.29, 0.717) is 24.6 Å². The van der Waals surface area contributed by atoms with Crippen molar-refractivity contribution < 1.29 is 9.53 Å². The van der Waals surface area contributed by atoms with Crippen LogP contribution in [0.5, 0.6) is 5.75 Å². The summed E-state index contributed by atoms with van der Waals surface area (Å²) in [7, 11) is 0. The number of aryl methyl sites for hydroxylation is 1. The van der Waals surface area contributed by atoms with Gasteiger partial charge in [0.1, 0.15) is 18.1 Å². The molecular weight excluding hydrogens is 356 g/mol. The average Bonchev–Trinajstić information content (AvgIpc) is 2.71. The number of ether oxygens (including phenoxy) is 1. The van der Waals surface area contributed by atoms with Crippen LogP contribution in [-0.2, 0) is 6.54 Å². The van der Waals surface area contributed by atoms with Crippen LogP contribution in [-0.4, -0.2) is 46.8 Å². The summed E-state index contributed by atoms with van der Waals surface area (Å²) in [4.78, 5) is 26.8.